The monoisotopic (exact) mass is 450 g/mol. The van der Waals surface area contributed by atoms with Gasteiger partial charge in [-0.1, -0.05) is 36.4 Å². The number of hydrogen-bond donors (Lipinski definition) is 0. The smallest absolute Gasteiger partial charge is 0.119 e. The van der Waals surface area contributed by atoms with E-state index in [9.17, 15) is 0 Å². The van der Waals surface area contributed by atoms with Gasteiger partial charge in [-0.25, -0.2) is 0 Å². The van der Waals surface area contributed by atoms with Gasteiger partial charge in [0.25, 0.3) is 0 Å². The molecule has 0 spiro atoms. The Balaban J connectivity index is 1.95. The fourth-order valence-corrected chi connectivity index (χ4v) is 4.57. The molecular weight excluding hydrogens is 424 g/mol. The quantitative estimate of drug-likeness (QED) is 0.253. The molecule has 0 aliphatic heterocycles. The molecule has 0 N–H and O–H groups in total. The van der Waals surface area contributed by atoms with Crippen LogP contribution in [0.15, 0.2) is 84.9 Å². The van der Waals surface area contributed by atoms with Gasteiger partial charge in [-0.2, -0.15) is 0 Å². The number of rotatable bonds is 6. The number of hydrogen-bond acceptors (Lipinski definition) is 4. The molecular formula is C30H26O4. The predicted molar refractivity (Wildman–Crippen MR) is 139 cm³/mol. The highest BCUT2D eigenvalue weighted by Crippen LogP contribution is 2.46. The van der Waals surface area contributed by atoms with E-state index in [0.29, 0.717) is 0 Å². The second-order valence-electron chi connectivity index (χ2n) is 8.03. The summed E-state index contributed by atoms with van der Waals surface area (Å²) in [5.74, 6) is 3.28. The molecule has 4 heteroatoms. The highest BCUT2D eigenvalue weighted by atomic mass is 16.5. The van der Waals surface area contributed by atoms with Crippen LogP contribution in [0.25, 0.3) is 43.8 Å². The predicted octanol–water partition coefficient (Wildman–Crippen LogP) is 7.36. The first kappa shape index (κ1) is 21.7. The third-order valence-electron chi connectivity index (χ3n) is 6.29. The summed E-state index contributed by atoms with van der Waals surface area (Å²) in [6.07, 6.45) is 0. The lowest BCUT2D eigenvalue weighted by Crippen LogP contribution is -1.94. The van der Waals surface area contributed by atoms with Crippen LogP contribution >= 0.6 is 0 Å². The zero-order valence-electron chi connectivity index (χ0n) is 19.7. The molecule has 5 aromatic carbocycles. The lowest BCUT2D eigenvalue weighted by Gasteiger charge is -2.20. The summed E-state index contributed by atoms with van der Waals surface area (Å²) in [5, 5.41) is 4.49. The van der Waals surface area contributed by atoms with Crippen LogP contribution in [0.2, 0.25) is 0 Å². The van der Waals surface area contributed by atoms with Gasteiger partial charge in [0.1, 0.15) is 23.0 Å². The van der Waals surface area contributed by atoms with E-state index in [1.54, 1.807) is 28.4 Å². The lowest BCUT2D eigenvalue weighted by molar-refractivity contribution is 0.414. The van der Waals surface area contributed by atoms with Crippen LogP contribution in [0.5, 0.6) is 23.0 Å². The van der Waals surface area contributed by atoms with Crippen molar-refractivity contribution in [3.8, 4) is 45.3 Å². The van der Waals surface area contributed by atoms with Gasteiger partial charge in [0, 0.05) is 0 Å². The van der Waals surface area contributed by atoms with Crippen LogP contribution < -0.4 is 18.9 Å². The third kappa shape index (κ3) is 3.67. The molecule has 0 amide bonds. The van der Waals surface area contributed by atoms with Crippen LogP contribution in [0.1, 0.15) is 0 Å². The van der Waals surface area contributed by atoms with Crippen LogP contribution in [0, 0.1) is 0 Å². The first-order valence-corrected chi connectivity index (χ1v) is 11.1. The molecule has 0 atom stereocenters. The second-order valence-corrected chi connectivity index (χ2v) is 8.03. The van der Waals surface area contributed by atoms with E-state index in [-0.39, 0.29) is 0 Å². The minimum Gasteiger partial charge on any atom is -0.497 e. The Morgan fingerprint density at radius 3 is 1.00 bits per heavy atom. The maximum absolute atomic E-state index is 5.58. The van der Waals surface area contributed by atoms with Gasteiger partial charge in [0.05, 0.1) is 28.4 Å². The number of fused-ring (bicyclic) bond motifs is 3. The Kier molecular flexibility index (Phi) is 5.72. The van der Waals surface area contributed by atoms with Gasteiger partial charge in [-0.3, -0.25) is 0 Å². The normalized spacial score (nSPS) is 10.9. The van der Waals surface area contributed by atoms with Crippen molar-refractivity contribution in [3.63, 3.8) is 0 Å². The summed E-state index contributed by atoms with van der Waals surface area (Å²) in [5.41, 5.74) is 4.53. The molecule has 0 saturated carbocycles. The minimum absolute atomic E-state index is 0.814. The Morgan fingerprint density at radius 2 is 0.676 bits per heavy atom. The fraction of sp³-hybridized carbons (Fsp3) is 0.133. The molecule has 4 nitrogen and oxygen atoms in total. The van der Waals surface area contributed by atoms with Gasteiger partial charge in [0.15, 0.2) is 0 Å². The zero-order valence-corrected chi connectivity index (χ0v) is 19.7. The van der Waals surface area contributed by atoms with Crippen molar-refractivity contribution < 1.29 is 18.9 Å². The number of benzene rings is 5. The average Bonchev–Trinajstić information content (AvgIpc) is 2.91. The molecule has 0 radical (unpaired) electrons. The highest BCUT2D eigenvalue weighted by Gasteiger charge is 2.19. The van der Waals surface area contributed by atoms with Gasteiger partial charge < -0.3 is 18.9 Å². The molecule has 5 aromatic rings. The standard InChI is InChI=1S/C30H26O4/c1-31-21-9-5-19(6-10-21)29-25-15-13-23(33-3)17-27(25)28-18-24(34-4)14-16-26(28)30(29)20-7-11-22(32-2)12-8-20/h5-18H,1-4H3. The Morgan fingerprint density at radius 1 is 0.353 bits per heavy atom. The fourth-order valence-electron chi connectivity index (χ4n) is 4.57. The molecule has 0 fully saturated rings. The van der Waals surface area contributed by atoms with E-state index in [4.69, 9.17) is 18.9 Å². The van der Waals surface area contributed by atoms with Gasteiger partial charge in [0.2, 0.25) is 0 Å². The summed E-state index contributed by atoms with van der Waals surface area (Å²) < 4.78 is 22.0. The summed E-state index contributed by atoms with van der Waals surface area (Å²) in [4.78, 5) is 0. The molecule has 34 heavy (non-hydrogen) atoms. The molecule has 0 bridgehead atoms. The van der Waals surface area contributed by atoms with Crippen LogP contribution in [0.3, 0.4) is 0 Å². The highest BCUT2D eigenvalue weighted by molar-refractivity contribution is 6.22. The second kappa shape index (κ2) is 8.99. The molecule has 170 valence electrons. The average molecular weight is 451 g/mol. The third-order valence-corrected chi connectivity index (χ3v) is 6.29. The van der Waals surface area contributed by atoms with Crippen molar-refractivity contribution in [2.45, 2.75) is 0 Å². The molecule has 0 saturated heterocycles. The zero-order chi connectivity index (χ0) is 23.7. The van der Waals surface area contributed by atoms with E-state index in [0.717, 1.165) is 66.8 Å². The van der Waals surface area contributed by atoms with E-state index in [1.165, 1.54) is 0 Å². The molecule has 0 aliphatic carbocycles. The van der Waals surface area contributed by atoms with Crippen LogP contribution in [0.4, 0.5) is 0 Å². The number of methoxy groups -OCH3 is 4. The maximum Gasteiger partial charge on any atom is 0.119 e. The summed E-state index contributed by atoms with van der Waals surface area (Å²) >= 11 is 0. The van der Waals surface area contributed by atoms with Crippen molar-refractivity contribution in [1.29, 1.82) is 0 Å². The molecule has 0 heterocycles. The number of ether oxygens (including phenoxy) is 4. The van der Waals surface area contributed by atoms with Crippen LogP contribution in [-0.2, 0) is 0 Å². The van der Waals surface area contributed by atoms with E-state index in [1.807, 2.05) is 36.4 Å². The van der Waals surface area contributed by atoms with E-state index in [2.05, 4.69) is 48.5 Å². The minimum atomic E-state index is 0.814. The molecule has 0 unspecified atom stereocenters. The lowest BCUT2D eigenvalue weighted by atomic mass is 9.85. The van der Waals surface area contributed by atoms with Crippen molar-refractivity contribution in [3.05, 3.63) is 84.9 Å². The Hall–Kier alpha value is -4.18. The topological polar surface area (TPSA) is 36.9 Å². The van der Waals surface area contributed by atoms with Crippen molar-refractivity contribution in [2.75, 3.05) is 28.4 Å². The Labute approximate surface area is 199 Å². The first-order chi connectivity index (χ1) is 16.7. The summed E-state index contributed by atoms with van der Waals surface area (Å²) in [6, 6.07) is 28.9. The summed E-state index contributed by atoms with van der Waals surface area (Å²) in [7, 11) is 6.76. The van der Waals surface area contributed by atoms with Gasteiger partial charge in [-0.05, 0) is 92.3 Å². The maximum atomic E-state index is 5.58. The largest absolute Gasteiger partial charge is 0.497 e. The van der Waals surface area contributed by atoms with Gasteiger partial charge >= 0.3 is 0 Å². The Bertz CT molecular complexity index is 1350. The first-order valence-electron chi connectivity index (χ1n) is 11.1. The van der Waals surface area contributed by atoms with E-state index >= 15 is 0 Å². The molecule has 5 rings (SSSR count). The van der Waals surface area contributed by atoms with E-state index < -0.39 is 0 Å². The van der Waals surface area contributed by atoms with Crippen molar-refractivity contribution >= 4 is 21.5 Å². The summed E-state index contributed by atoms with van der Waals surface area (Å²) in [6.45, 7) is 0. The molecule has 0 aromatic heterocycles. The van der Waals surface area contributed by atoms with Gasteiger partial charge in [-0.15, -0.1) is 0 Å². The van der Waals surface area contributed by atoms with Crippen molar-refractivity contribution in [1.82, 2.24) is 0 Å². The van der Waals surface area contributed by atoms with Crippen LogP contribution in [-0.4, -0.2) is 28.4 Å². The molecule has 0 aliphatic rings. The van der Waals surface area contributed by atoms with Crippen molar-refractivity contribution in [2.24, 2.45) is 0 Å². The SMILES string of the molecule is COc1ccc(-c2c(-c3ccc(OC)cc3)c3ccc(OC)cc3c3cc(OC)ccc23)cc1.